The summed E-state index contributed by atoms with van der Waals surface area (Å²) in [5.74, 6) is 0. The maximum absolute atomic E-state index is 11.3. The molecular formula is C10H13NO5S. The van der Waals surface area contributed by atoms with E-state index in [1.54, 1.807) is 0 Å². The summed E-state index contributed by atoms with van der Waals surface area (Å²) in [5.41, 5.74) is 0.237. The Balaban J connectivity index is 2.98. The van der Waals surface area contributed by atoms with E-state index in [-0.39, 0.29) is 5.69 Å². The summed E-state index contributed by atoms with van der Waals surface area (Å²) in [6, 6.07) is 5.16. The zero-order valence-electron chi connectivity index (χ0n) is 9.40. The van der Waals surface area contributed by atoms with Crippen LogP contribution in [-0.4, -0.2) is 30.0 Å². The van der Waals surface area contributed by atoms with Crippen molar-refractivity contribution >= 4 is 15.5 Å². The quantitative estimate of drug-likeness (QED) is 0.644. The number of hydrogen-bond donors (Lipinski definition) is 1. The lowest BCUT2D eigenvalue weighted by atomic mass is 10.1. The van der Waals surface area contributed by atoms with Crippen LogP contribution in [0.15, 0.2) is 24.3 Å². The van der Waals surface area contributed by atoms with E-state index in [0.717, 1.165) is 6.26 Å². The molecule has 2 atom stereocenters. The second-order valence-corrected chi connectivity index (χ2v) is 6.23. The Hall–Kier alpha value is -1.47. The van der Waals surface area contributed by atoms with Gasteiger partial charge in [0.05, 0.1) is 16.3 Å². The van der Waals surface area contributed by atoms with Crippen molar-refractivity contribution in [1.82, 2.24) is 0 Å². The minimum Gasteiger partial charge on any atom is -0.387 e. The van der Waals surface area contributed by atoms with Crippen LogP contribution in [-0.2, 0) is 9.84 Å². The van der Waals surface area contributed by atoms with Gasteiger partial charge >= 0.3 is 0 Å². The Labute approximate surface area is 99.0 Å². The lowest BCUT2D eigenvalue weighted by molar-refractivity contribution is -0.384. The summed E-state index contributed by atoms with van der Waals surface area (Å²) in [4.78, 5) is 9.86. The van der Waals surface area contributed by atoms with Gasteiger partial charge in [0, 0.05) is 18.4 Å². The van der Waals surface area contributed by atoms with E-state index in [4.69, 9.17) is 0 Å². The van der Waals surface area contributed by atoms with Crippen LogP contribution in [0.2, 0.25) is 0 Å². The maximum atomic E-state index is 11.3. The highest BCUT2D eigenvalue weighted by Gasteiger charge is 2.25. The molecule has 0 radical (unpaired) electrons. The number of nitrogens with zero attached hydrogens (tertiary/aromatic N) is 1. The van der Waals surface area contributed by atoms with E-state index in [9.17, 15) is 23.6 Å². The number of non-ortho nitro benzene ring substituents is 1. The molecule has 1 N–H and O–H groups in total. The fourth-order valence-corrected chi connectivity index (χ4v) is 1.92. The molecular weight excluding hydrogens is 246 g/mol. The summed E-state index contributed by atoms with van der Waals surface area (Å²) < 4.78 is 22.5. The molecule has 17 heavy (non-hydrogen) atoms. The van der Waals surface area contributed by atoms with Crippen LogP contribution in [0, 0.1) is 10.1 Å². The minimum absolute atomic E-state index is 0.104. The van der Waals surface area contributed by atoms with Crippen molar-refractivity contribution in [2.24, 2.45) is 0 Å². The van der Waals surface area contributed by atoms with Crippen molar-refractivity contribution in [3.05, 3.63) is 39.9 Å². The molecule has 0 aliphatic heterocycles. The highest BCUT2D eigenvalue weighted by Crippen LogP contribution is 2.23. The molecule has 0 saturated heterocycles. The average Bonchev–Trinajstić information content (AvgIpc) is 2.26. The van der Waals surface area contributed by atoms with Crippen molar-refractivity contribution in [3.63, 3.8) is 0 Å². The third-order valence-electron chi connectivity index (χ3n) is 2.57. The number of aliphatic hydroxyl groups is 1. The van der Waals surface area contributed by atoms with E-state index < -0.39 is 26.1 Å². The van der Waals surface area contributed by atoms with Crippen LogP contribution in [0.4, 0.5) is 5.69 Å². The monoisotopic (exact) mass is 259 g/mol. The molecule has 7 heteroatoms. The summed E-state index contributed by atoms with van der Waals surface area (Å²) in [6.45, 7) is 1.39. The van der Waals surface area contributed by atoms with Gasteiger partial charge < -0.3 is 5.11 Å². The van der Waals surface area contributed by atoms with Gasteiger partial charge in [-0.3, -0.25) is 10.1 Å². The van der Waals surface area contributed by atoms with Gasteiger partial charge in [-0.25, -0.2) is 8.42 Å². The molecule has 1 aromatic rings. The number of rotatable bonds is 4. The number of sulfone groups is 1. The normalized spacial score (nSPS) is 15.2. The summed E-state index contributed by atoms with van der Waals surface area (Å²) in [6.07, 6.45) is -0.155. The smallest absolute Gasteiger partial charge is 0.269 e. The van der Waals surface area contributed by atoms with Crippen LogP contribution >= 0.6 is 0 Å². The molecule has 1 aromatic carbocycles. The lowest BCUT2D eigenvalue weighted by Gasteiger charge is -2.17. The van der Waals surface area contributed by atoms with Crippen LogP contribution < -0.4 is 0 Å². The Bertz CT molecular complexity index is 508. The first-order valence-electron chi connectivity index (χ1n) is 4.84. The number of aliphatic hydroxyl groups excluding tert-OH is 1. The second kappa shape index (κ2) is 4.80. The first-order chi connectivity index (χ1) is 7.73. The first kappa shape index (κ1) is 13.6. The SMILES string of the molecule is C[C@@H]([C@H](O)c1ccc([N+](=O)[O-])cc1)S(C)(=O)=O. The fraction of sp³-hybridized carbons (Fsp3) is 0.400. The number of hydrogen-bond acceptors (Lipinski definition) is 5. The molecule has 1 rings (SSSR count). The van der Waals surface area contributed by atoms with E-state index in [1.165, 1.54) is 31.2 Å². The van der Waals surface area contributed by atoms with Crippen LogP contribution in [0.1, 0.15) is 18.6 Å². The third-order valence-corrected chi connectivity index (χ3v) is 4.17. The van der Waals surface area contributed by atoms with Gasteiger partial charge in [-0.2, -0.15) is 0 Å². The predicted molar refractivity (Wildman–Crippen MR) is 62.4 cm³/mol. The molecule has 94 valence electrons. The molecule has 0 heterocycles. The number of nitro benzene ring substituents is 1. The van der Waals surface area contributed by atoms with Gasteiger partial charge in [0.2, 0.25) is 0 Å². The molecule has 0 aliphatic rings. The number of benzene rings is 1. The lowest BCUT2D eigenvalue weighted by Crippen LogP contribution is -2.24. The maximum Gasteiger partial charge on any atom is 0.269 e. The van der Waals surface area contributed by atoms with Crippen molar-refractivity contribution in [1.29, 1.82) is 0 Å². The van der Waals surface area contributed by atoms with Gasteiger partial charge in [0.15, 0.2) is 9.84 Å². The molecule has 0 amide bonds. The Kier molecular flexibility index (Phi) is 3.84. The van der Waals surface area contributed by atoms with Gasteiger partial charge in [0.25, 0.3) is 5.69 Å². The van der Waals surface area contributed by atoms with E-state index in [2.05, 4.69) is 0 Å². The van der Waals surface area contributed by atoms with Gasteiger partial charge in [-0.15, -0.1) is 0 Å². The number of nitro groups is 1. The Morgan fingerprint density at radius 1 is 1.29 bits per heavy atom. The molecule has 0 aromatic heterocycles. The van der Waals surface area contributed by atoms with Crippen molar-refractivity contribution in [3.8, 4) is 0 Å². The Morgan fingerprint density at radius 3 is 2.12 bits per heavy atom. The van der Waals surface area contributed by atoms with Crippen LogP contribution in [0.5, 0.6) is 0 Å². The molecule has 0 saturated carbocycles. The molecule has 0 aliphatic carbocycles. The average molecular weight is 259 g/mol. The van der Waals surface area contributed by atoms with Crippen molar-refractivity contribution in [2.75, 3.05) is 6.26 Å². The first-order valence-corrected chi connectivity index (χ1v) is 6.80. The van der Waals surface area contributed by atoms with Crippen LogP contribution in [0.25, 0.3) is 0 Å². The predicted octanol–water partition coefficient (Wildman–Crippen LogP) is 1.06. The van der Waals surface area contributed by atoms with Crippen molar-refractivity contribution in [2.45, 2.75) is 18.3 Å². The molecule has 0 spiro atoms. The molecule has 6 nitrogen and oxygen atoms in total. The topological polar surface area (TPSA) is 97.5 Å². The summed E-state index contributed by atoms with van der Waals surface area (Å²) in [5, 5.41) is 19.3. The van der Waals surface area contributed by atoms with Gasteiger partial charge in [-0.1, -0.05) is 0 Å². The highest BCUT2D eigenvalue weighted by molar-refractivity contribution is 7.91. The van der Waals surface area contributed by atoms with E-state index in [1.807, 2.05) is 0 Å². The molecule has 0 unspecified atom stereocenters. The van der Waals surface area contributed by atoms with Crippen molar-refractivity contribution < 1.29 is 18.4 Å². The zero-order valence-corrected chi connectivity index (χ0v) is 10.2. The fourth-order valence-electron chi connectivity index (χ4n) is 1.30. The summed E-state index contributed by atoms with van der Waals surface area (Å²) in [7, 11) is -3.36. The van der Waals surface area contributed by atoms with E-state index >= 15 is 0 Å². The minimum atomic E-state index is -3.36. The molecule has 0 bridgehead atoms. The van der Waals surface area contributed by atoms with Gasteiger partial charge in [-0.05, 0) is 24.6 Å². The standard InChI is InChI=1S/C10H13NO5S/c1-7(17(2,15)16)10(12)8-3-5-9(6-4-8)11(13)14/h3-7,10,12H,1-2H3/t7-,10-/m0/s1. The third kappa shape index (κ3) is 3.24. The van der Waals surface area contributed by atoms with E-state index in [0.29, 0.717) is 5.56 Å². The summed E-state index contributed by atoms with van der Waals surface area (Å²) >= 11 is 0. The van der Waals surface area contributed by atoms with Crippen LogP contribution in [0.3, 0.4) is 0 Å². The Morgan fingerprint density at radius 2 is 1.76 bits per heavy atom. The largest absolute Gasteiger partial charge is 0.387 e. The second-order valence-electron chi connectivity index (χ2n) is 3.83. The highest BCUT2D eigenvalue weighted by atomic mass is 32.2. The molecule has 0 fully saturated rings. The van der Waals surface area contributed by atoms with Gasteiger partial charge in [0.1, 0.15) is 0 Å². The zero-order chi connectivity index (χ0) is 13.2.